The number of carboxylic acid groups (broad SMARTS) is 1. The lowest BCUT2D eigenvalue weighted by atomic mass is 9.96. The maximum Gasteiger partial charge on any atom is 0.323 e. The number of amides is 2. The molecule has 3 rings (SSSR count). The first-order valence-corrected chi connectivity index (χ1v) is 9.56. The molecule has 1 aliphatic rings. The van der Waals surface area contributed by atoms with Gasteiger partial charge in [-0.15, -0.1) is 0 Å². The van der Waals surface area contributed by atoms with E-state index in [1.807, 2.05) is 19.9 Å². The second-order valence-electron chi connectivity index (χ2n) is 7.11. The molecule has 0 spiro atoms. The first-order chi connectivity index (χ1) is 13.8. The van der Waals surface area contributed by atoms with Crippen LogP contribution in [0.5, 0.6) is 0 Å². The number of benzene rings is 2. The Hall–Kier alpha value is -3.12. The predicted molar refractivity (Wildman–Crippen MR) is 110 cm³/mol. The maximum atomic E-state index is 13.3. The average Bonchev–Trinajstić information content (AvgIpc) is 2.69. The number of aliphatic carboxylic acids is 1. The van der Waals surface area contributed by atoms with Crippen molar-refractivity contribution in [3.63, 3.8) is 0 Å². The quantitative estimate of drug-likeness (QED) is 0.811. The lowest BCUT2D eigenvalue weighted by Crippen LogP contribution is -2.55. The Morgan fingerprint density at radius 3 is 2.24 bits per heavy atom. The lowest BCUT2D eigenvalue weighted by molar-refractivity contribution is -0.144. The summed E-state index contributed by atoms with van der Waals surface area (Å²) in [5, 5.41) is 9.84. The van der Waals surface area contributed by atoms with Crippen molar-refractivity contribution < 1.29 is 19.5 Å². The van der Waals surface area contributed by atoms with E-state index in [0.717, 1.165) is 0 Å². The molecule has 7 heteroatoms. The van der Waals surface area contributed by atoms with Crippen molar-refractivity contribution in [2.75, 3.05) is 6.54 Å². The van der Waals surface area contributed by atoms with Gasteiger partial charge >= 0.3 is 5.97 Å². The fourth-order valence-electron chi connectivity index (χ4n) is 3.35. The minimum atomic E-state index is -1.12. The van der Waals surface area contributed by atoms with Crippen molar-refractivity contribution >= 4 is 35.1 Å². The van der Waals surface area contributed by atoms with Crippen LogP contribution in [0.2, 0.25) is 5.02 Å². The van der Waals surface area contributed by atoms with Crippen LogP contribution in [-0.2, 0) is 9.59 Å². The van der Waals surface area contributed by atoms with E-state index in [-0.39, 0.29) is 11.8 Å². The number of rotatable bonds is 5. The second-order valence-corrected chi connectivity index (χ2v) is 7.54. The Morgan fingerprint density at radius 2 is 1.69 bits per heavy atom. The largest absolute Gasteiger partial charge is 0.480 e. The predicted octanol–water partition coefficient (Wildman–Crippen LogP) is 3.73. The van der Waals surface area contributed by atoms with E-state index in [9.17, 15) is 19.5 Å². The molecule has 0 unspecified atom stereocenters. The van der Waals surface area contributed by atoms with E-state index in [2.05, 4.69) is 0 Å². The van der Waals surface area contributed by atoms with E-state index in [0.29, 0.717) is 21.8 Å². The zero-order chi connectivity index (χ0) is 21.1. The molecule has 2 aromatic rings. The zero-order valence-electron chi connectivity index (χ0n) is 16.1. The molecule has 2 amide bonds. The van der Waals surface area contributed by atoms with Gasteiger partial charge < -0.3 is 10.0 Å². The van der Waals surface area contributed by atoms with Crippen molar-refractivity contribution in [1.82, 2.24) is 9.80 Å². The molecule has 2 aromatic carbocycles. The molecule has 0 aliphatic carbocycles. The van der Waals surface area contributed by atoms with Crippen LogP contribution in [0, 0.1) is 5.92 Å². The van der Waals surface area contributed by atoms with Crippen LogP contribution in [0.25, 0.3) is 5.70 Å². The summed E-state index contributed by atoms with van der Waals surface area (Å²) in [4.78, 5) is 40.6. The Labute approximate surface area is 174 Å². The number of halogens is 1. The van der Waals surface area contributed by atoms with E-state index in [1.165, 1.54) is 9.80 Å². The summed E-state index contributed by atoms with van der Waals surface area (Å²) in [6, 6.07) is 14.6. The van der Waals surface area contributed by atoms with Gasteiger partial charge in [0.2, 0.25) is 0 Å². The van der Waals surface area contributed by atoms with Gasteiger partial charge in [-0.1, -0.05) is 55.8 Å². The monoisotopic (exact) mass is 412 g/mol. The third-order valence-electron chi connectivity index (χ3n) is 4.69. The smallest absolute Gasteiger partial charge is 0.323 e. The molecule has 1 N–H and O–H groups in total. The van der Waals surface area contributed by atoms with Crippen LogP contribution in [0.15, 0.2) is 60.8 Å². The summed E-state index contributed by atoms with van der Waals surface area (Å²) in [5.41, 5.74) is 1.42. The molecule has 1 atom stereocenters. The molecule has 6 nitrogen and oxygen atoms in total. The molecule has 150 valence electrons. The van der Waals surface area contributed by atoms with Crippen molar-refractivity contribution in [3.05, 3.63) is 76.9 Å². The number of carbonyl (C=O) groups is 3. The standard InChI is InChI=1S/C22H21ClN2O4/c1-14(2)20-22(29)24(13-19(26)27)18(15-6-4-3-5-7-15)12-25(20)21(28)16-8-10-17(23)11-9-16/h3-12,14,20H,13H2,1-2H3,(H,26,27)/t20-/m0/s1. The highest BCUT2D eigenvalue weighted by atomic mass is 35.5. The first-order valence-electron chi connectivity index (χ1n) is 9.18. The molecule has 0 saturated carbocycles. The molecule has 0 bridgehead atoms. The van der Waals surface area contributed by atoms with Crippen LogP contribution in [0.4, 0.5) is 0 Å². The molecule has 0 saturated heterocycles. The summed E-state index contributed by atoms with van der Waals surface area (Å²) >= 11 is 5.92. The molecule has 1 heterocycles. The fraction of sp³-hybridized carbons (Fsp3) is 0.227. The normalized spacial score (nSPS) is 16.8. The fourth-order valence-corrected chi connectivity index (χ4v) is 3.48. The van der Waals surface area contributed by atoms with Gasteiger partial charge in [-0.2, -0.15) is 0 Å². The lowest BCUT2D eigenvalue weighted by Gasteiger charge is -2.40. The van der Waals surface area contributed by atoms with Gasteiger partial charge in [-0.25, -0.2) is 0 Å². The summed E-state index contributed by atoms with van der Waals surface area (Å²) in [5.74, 6) is -2.12. The summed E-state index contributed by atoms with van der Waals surface area (Å²) in [6.45, 7) is 3.17. The Bertz CT molecular complexity index is 955. The van der Waals surface area contributed by atoms with E-state index < -0.39 is 24.5 Å². The van der Waals surface area contributed by atoms with Crippen molar-refractivity contribution in [2.45, 2.75) is 19.9 Å². The summed E-state index contributed by atoms with van der Waals surface area (Å²) in [6.07, 6.45) is 1.57. The number of hydrogen-bond acceptors (Lipinski definition) is 3. The maximum absolute atomic E-state index is 13.3. The van der Waals surface area contributed by atoms with E-state index in [4.69, 9.17) is 11.6 Å². The Morgan fingerprint density at radius 1 is 1.07 bits per heavy atom. The molecular formula is C22H21ClN2O4. The number of nitrogens with zero attached hydrogens (tertiary/aromatic N) is 2. The third-order valence-corrected chi connectivity index (χ3v) is 4.94. The highest BCUT2D eigenvalue weighted by molar-refractivity contribution is 6.30. The van der Waals surface area contributed by atoms with Crippen molar-refractivity contribution in [1.29, 1.82) is 0 Å². The second kappa shape index (κ2) is 8.49. The Balaban J connectivity index is 2.13. The van der Waals surface area contributed by atoms with Gasteiger partial charge in [0.25, 0.3) is 11.8 Å². The number of carbonyl (C=O) groups excluding carboxylic acids is 2. The molecule has 29 heavy (non-hydrogen) atoms. The molecular weight excluding hydrogens is 392 g/mol. The van der Waals surface area contributed by atoms with Crippen LogP contribution in [0.1, 0.15) is 29.8 Å². The minimum Gasteiger partial charge on any atom is -0.480 e. The number of carboxylic acids is 1. The van der Waals surface area contributed by atoms with Gasteiger partial charge in [0.1, 0.15) is 12.6 Å². The van der Waals surface area contributed by atoms with Gasteiger partial charge in [-0.05, 0) is 35.7 Å². The molecule has 0 radical (unpaired) electrons. The molecule has 0 aromatic heterocycles. The third kappa shape index (κ3) is 4.32. The summed E-state index contributed by atoms with van der Waals surface area (Å²) in [7, 11) is 0. The zero-order valence-corrected chi connectivity index (χ0v) is 16.8. The van der Waals surface area contributed by atoms with Crippen LogP contribution >= 0.6 is 11.6 Å². The van der Waals surface area contributed by atoms with Gasteiger partial charge in [0.15, 0.2) is 0 Å². The average molecular weight is 413 g/mol. The summed E-state index contributed by atoms with van der Waals surface area (Å²) < 4.78 is 0. The molecule has 1 aliphatic heterocycles. The van der Waals surface area contributed by atoms with E-state index in [1.54, 1.807) is 54.7 Å². The van der Waals surface area contributed by atoms with Gasteiger partial charge in [-0.3, -0.25) is 19.3 Å². The first kappa shape index (κ1) is 20.6. The Kier molecular flexibility index (Phi) is 6.03. The van der Waals surface area contributed by atoms with Gasteiger partial charge in [0, 0.05) is 16.8 Å². The minimum absolute atomic E-state index is 0.219. The highest BCUT2D eigenvalue weighted by Gasteiger charge is 2.41. The van der Waals surface area contributed by atoms with E-state index >= 15 is 0 Å². The van der Waals surface area contributed by atoms with Crippen LogP contribution in [0.3, 0.4) is 0 Å². The van der Waals surface area contributed by atoms with Crippen LogP contribution in [-0.4, -0.2) is 45.3 Å². The van der Waals surface area contributed by atoms with Crippen molar-refractivity contribution in [2.24, 2.45) is 5.92 Å². The molecule has 0 fully saturated rings. The highest BCUT2D eigenvalue weighted by Crippen LogP contribution is 2.31. The van der Waals surface area contributed by atoms with Gasteiger partial charge in [0.05, 0.1) is 5.70 Å². The van der Waals surface area contributed by atoms with Crippen LogP contribution < -0.4 is 0 Å². The number of hydrogen-bond donors (Lipinski definition) is 1. The SMILES string of the molecule is CC(C)[C@H]1C(=O)N(CC(=O)O)C(c2ccccc2)=CN1C(=O)c1ccc(Cl)cc1. The van der Waals surface area contributed by atoms with Crippen molar-refractivity contribution in [3.8, 4) is 0 Å². The topological polar surface area (TPSA) is 77.9 Å².